The van der Waals surface area contributed by atoms with E-state index in [-0.39, 0.29) is 25.7 Å². The van der Waals surface area contributed by atoms with Crippen molar-refractivity contribution in [2.75, 3.05) is 12.0 Å². The van der Waals surface area contributed by atoms with Crippen LogP contribution in [0.3, 0.4) is 0 Å². The number of carboxylic acid groups (broad SMARTS) is 2. The van der Waals surface area contributed by atoms with E-state index in [9.17, 15) is 24.3 Å². The molecule has 0 aromatic heterocycles. The molecule has 0 spiro atoms. The Kier molecular flexibility index (Phi) is 10.8. The van der Waals surface area contributed by atoms with Gasteiger partial charge in [0, 0.05) is 12.8 Å². The van der Waals surface area contributed by atoms with Crippen LogP contribution < -0.4 is 16.4 Å². The Balaban J connectivity index is 2.78. The van der Waals surface area contributed by atoms with Crippen molar-refractivity contribution in [2.24, 2.45) is 5.73 Å². The Bertz CT molecular complexity index is 700. The minimum absolute atomic E-state index is 0.0657. The van der Waals surface area contributed by atoms with E-state index in [0.29, 0.717) is 5.75 Å². The lowest BCUT2D eigenvalue weighted by Gasteiger charge is -2.22. The van der Waals surface area contributed by atoms with Gasteiger partial charge < -0.3 is 26.6 Å². The molecule has 0 saturated carbocycles. The summed E-state index contributed by atoms with van der Waals surface area (Å²) < 4.78 is 0. The van der Waals surface area contributed by atoms with E-state index in [1.54, 1.807) is 30.3 Å². The molecule has 0 radical (unpaired) electrons. The molecule has 9 nitrogen and oxygen atoms in total. The summed E-state index contributed by atoms with van der Waals surface area (Å²) in [7, 11) is 0. The molecule has 29 heavy (non-hydrogen) atoms. The maximum Gasteiger partial charge on any atom is 0.326 e. The number of amides is 2. The lowest BCUT2D eigenvalue weighted by molar-refractivity contribution is -0.142. The third kappa shape index (κ3) is 9.44. The van der Waals surface area contributed by atoms with Gasteiger partial charge in [-0.05, 0) is 30.4 Å². The van der Waals surface area contributed by atoms with Crippen LogP contribution in [0.1, 0.15) is 24.8 Å². The number of nitrogens with two attached hydrogens (primary N) is 1. The van der Waals surface area contributed by atoms with Crippen molar-refractivity contribution in [3.8, 4) is 0 Å². The summed E-state index contributed by atoms with van der Waals surface area (Å²) in [6.45, 7) is 0. The van der Waals surface area contributed by atoms with Gasteiger partial charge in [0.05, 0.1) is 6.04 Å². The minimum Gasteiger partial charge on any atom is -0.481 e. The smallest absolute Gasteiger partial charge is 0.326 e. The van der Waals surface area contributed by atoms with Gasteiger partial charge in [-0.1, -0.05) is 30.3 Å². The van der Waals surface area contributed by atoms with Crippen molar-refractivity contribution < 1.29 is 29.4 Å². The van der Waals surface area contributed by atoms with Gasteiger partial charge >= 0.3 is 11.9 Å². The second-order valence-corrected chi connectivity index (χ2v) is 7.46. The molecular weight excluding hydrogens is 398 g/mol. The van der Waals surface area contributed by atoms with Crippen LogP contribution in [0.2, 0.25) is 0 Å². The number of thioether (sulfide) groups is 1. The van der Waals surface area contributed by atoms with Crippen LogP contribution in [0.15, 0.2) is 30.3 Å². The number of carbonyl (C=O) groups excluding carboxylic acids is 2. The van der Waals surface area contributed by atoms with Crippen molar-refractivity contribution in [2.45, 2.75) is 43.8 Å². The molecule has 0 bridgehead atoms. The summed E-state index contributed by atoms with van der Waals surface area (Å²) in [5, 5.41) is 23.1. The summed E-state index contributed by atoms with van der Waals surface area (Å²) in [6.07, 6.45) is 1.88. The van der Waals surface area contributed by atoms with Gasteiger partial charge in [-0.25, -0.2) is 4.79 Å². The highest BCUT2D eigenvalue weighted by molar-refractivity contribution is 7.98. The van der Waals surface area contributed by atoms with Crippen LogP contribution in [0.5, 0.6) is 0 Å². The van der Waals surface area contributed by atoms with E-state index in [0.717, 1.165) is 5.56 Å². The second kappa shape index (κ2) is 12.8. The van der Waals surface area contributed by atoms with E-state index in [2.05, 4.69) is 10.6 Å². The number of benzene rings is 1. The van der Waals surface area contributed by atoms with Crippen LogP contribution in [-0.2, 0) is 25.6 Å². The molecule has 0 fully saturated rings. The van der Waals surface area contributed by atoms with Crippen molar-refractivity contribution in [1.82, 2.24) is 10.6 Å². The molecule has 160 valence electrons. The molecular formula is C19H27N3O6S. The lowest BCUT2D eigenvalue weighted by atomic mass is 10.0. The number of aliphatic carboxylic acids is 2. The molecule has 0 aliphatic heterocycles. The third-order valence-corrected chi connectivity index (χ3v) is 4.79. The average Bonchev–Trinajstić information content (AvgIpc) is 2.69. The summed E-state index contributed by atoms with van der Waals surface area (Å²) in [4.78, 5) is 47.1. The van der Waals surface area contributed by atoms with E-state index in [4.69, 9.17) is 10.8 Å². The first-order valence-electron chi connectivity index (χ1n) is 9.08. The zero-order valence-electron chi connectivity index (χ0n) is 16.2. The van der Waals surface area contributed by atoms with E-state index < -0.39 is 41.9 Å². The number of hydrogen-bond donors (Lipinski definition) is 5. The minimum atomic E-state index is -1.18. The normalized spacial score (nSPS) is 13.7. The number of hydrogen-bond acceptors (Lipinski definition) is 6. The van der Waals surface area contributed by atoms with Gasteiger partial charge in [-0.15, -0.1) is 0 Å². The summed E-state index contributed by atoms with van der Waals surface area (Å²) in [6, 6.07) is 5.68. The highest BCUT2D eigenvalue weighted by Crippen LogP contribution is 2.07. The molecule has 0 aliphatic carbocycles. The molecule has 0 saturated heterocycles. The molecule has 1 aromatic rings. The maximum absolute atomic E-state index is 12.6. The van der Waals surface area contributed by atoms with Crippen LogP contribution in [0.25, 0.3) is 0 Å². The van der Waals surface area contributed by atoms with Crippen molar-refractivity contribution in [1.29, 1.82) is 0 Å². The van der Waals surface area contributed by atoms with Gasteiger partial charge in [0.1, 0.15) is 12.1 Å². The highest BCUT2D eigenvalue weighted by atomic mass is 32.2. The average molecular weight is 426 g/mol. The SMILES string of the molecule is CSCCC(NC(=O)C(N)CCC(=O)O)C(=O)NC(Cc1ccccc1)C(=O)O. The standard InChI is InChI=1S/C19H27N3O6S/c1-29-10-9-14(21-17(25)13(20)7-8-16(23)24)18(26)22-15(19(27)28)11-12-5-3-2-4-6-12/h2-6,13-15H,7-11,20H2,1H3,(H,21,25)(H,22,26)(H,23,24)(H,27,28). The Morgan fingerprint density at radius 1 is 1.00 bits per heavy atom. The number of carbonyl (C=O) groups is 4. The Morgan fingerprint density at radius 3 is 2.17 bits per heavy atom. The van der Waals surface area contributed by atoms with Crippen LogP contribution in [0, 0.1) is 0 Å². The summed E-state index contributed by atoms with van der Waals surface area (Å²) >= 11 is 1.47. The van der Waals surface area contributed by atoms with Gasteiger partial charge in [0.15, 0.2) is 0 Å². The van der Waals surface area contributed by atoms with E-state index in [1.807, 2.05) is 6.26 Å². The topological polar surface area (TPSA) is 159 Å². The second-order valence-electron chi connectivity index (χ2n) is 6.47. The molecule has 0 heterocycles. The fraction of sp³-hybridized carbons (Fsp3) is 0.474. The molecule has 6 N–H and O–H groups in total. The molecule has 2 amide bonds. The molecule has 3 atom stereocenters. The van der Waals surface area contributed by atoms with Crippen molar-refractivity contribution >= 4 is 35.5 Å². The number of rotatable bonds is 13. The number of nitrogens with one attached hydrogen (secondary N) is 2. The van der Waals surface area contributed by atoms with E-state index >= 15 is 0 Å². The predicted molar refractivity (Wildman–Crippen MR) is 109 cm³/mol. The summed E-state index contributed by atoms with van der Waals surface area (Å²) in [5.74, 6) is -2.98. The molecule has 1 aromatic carbocycles. The van der Waals surface area contributed by atoms with Crippen molar-refractivity contribution in [3.05, 3.63) is 35.9 Å². The maximum atomic E-state index is 12.6. The van der Waals surface area contributed by atoms with Gasteiger partial charge in [-0.3, -0.25) is 14.4 Å². The Labute approximate surface area is 173 Å². The first-order chi connectivity index (χ1) is 13.7. The third-order valence-electron chi connectivity index (χ3n) is 4.15. The predicted octanol–water partition coefficient (Wildman–Crippen LogP) is 0.229. The van der Waals surface area contributed by atoms with Crippen molar-refractivity contribution in [3.63, 3.8) is 0 Å². The zero-order valence-corrected chi connectivity index (χ0v) is 17.0. The number of carboxylic acids is 2. The quantitative estimate of drug-likeness (QED) is 0.300. The molecule has 0 aliphatic rings. The Morgan fingerprint density at radius 2 is 1.62 bits per heavy atom. The van der Waals surface area contributed by atoms with Crippen LogP contribution in [0.4, 0.5) is 0 Å². The first-order valence-corrected chi connectivity index (χ1v) is 10.5. The molecule has 10 heteroatoms. The highest BCUT2D eigenvalue weighted by Gasteiger charge is 2.28. The van der Waals surface area contributed by atoms with Crippen LogP contribution >= 0.6 is 11.8 Å². The van der Waals surface area contributed by atoms with Crippen LogP contribution in [-0.4, -0.2) is 64.1 Å². The first kappa shape index (κ1) is 24.4. The molecule has 3 unspecified atom stereocenters. The Hall–Kier alpha value is -2.59. The van der Waals surface area contributed by atoms with Gasteiger partial charge in [-0.2, -0.15) is 11.8 Å². The monoisotopic (exact) mass is 425 g/mol. The zero-order chi connectivity index (χ0) is 21.8. The van der Waals surface area contributed by atoms with Gasteiger partial charge in [0.25, 0.3) is 0 Å². The van der Waals surface area contributed by atoms with E-state index in [1.165, 1.54) is 11.8 Å². The largest absolute Gasteiger partial charge is 0.481 e. The fourth-order valence-electron chi connectivity index (χ4n) is 2.52. The lowest BCUT2D eigenvalue weighted by Crippen LogP contribution is -2.55. The summed E-state index contributed by atoms with van der Waals surface area (Å²) in [5.41, 5.74) is 6.44. The molecule has 1 rings (SSSR count). The fourth-order valence-corrected chi connectivity index (χ4v) is 2.99. The van der Waals surface area contributed by atoms with Gasteiger partial charge in [0.2, 0.25) is 11.8 Å².